The number of halogens is 3. The molecule has 2 rings (SSSR count). The zero-order chi connectivity index (χ0) is 14.4. The van der Waals surface area contributed by atoms with Crippen LogP contribution in [0.5, 0.6) is 0 Å². The summed E-state index contributed by atoms with van der Waals surface area (Å²) in [6.45, 7) is 0. The third-order valence-electron chi connectivity index (χ3n) is 2.32. The van der Waals surface area contributed by atoms with Crippen LogP contribution in [-0.2, 0) is 16.3 Å². The largest absolute Gasteiger partial charge is 0.423 e. The van der Waals surface area contributed by atoms with Crippen molar-refractivity contribution in [2.45, 2.75) is 11.1 Å². The summed E-state index contributed by atoms with van der Waals surface area (Å²) in [6.07, 6.45) is -4.86. The zero-order valence-corrected chi connectivity index (χ0v) is 9.75. The Kier molecular flexibility index (Phi) is 2.90. The fourth-order valence-electron chi connectivity index (χ4n) is 1.54. The predicted molar refractivity (Wildman–Crippen MR) is 57.3 cm³/mol. The average molecular weight is 294 g/mol. The highest BCUT2D eigenvalue weighted by atomic mass is 32.2. The lowest BCUT2D eigenvalue weighted by Gasteiger charge is -2.09. The second-order valence-electron chi connectivity index (χ2n) is 3.61. The van der Waals surface area contributed by atoms with Crippen molar-refractivity contribution in [1.29, 1.82) is 0 Å². The van der Waals surface area contributed by atoms with Gasteiger partial charge in [-0.3, -0.25) is 4.55 Å². The molecule has 0 unspecified atom stereocenters. The molecule has 0 radical (unpaired) electrons. The summed E-state index contributed by atoms with van der Waals surface area (Å²) in [4.78, 5) is 10.3. The minimum atomic E-state index is -4.86. The molecule has 1 N–H and O–H groups in total. The van der Waals surface area contributed by atoms with Gasteiger partial charge in [-0.2, -0.15) is 21.6 Å². The molecule has 5 nitrogen and oxygen atoms in total. The van der Waals surface area contributed by atoms with Crippen molar-refractivity contribution in [3.05, 3.63) is 40.2 Å². The first-order valence-corrected chi connectivity index (χ1v) is 6.15. The highest BCUT2D eigenvalue weighted by molar-refractivity contribution is 7.85. The summed E-state index contributed by atoms with van der Waals surface area (Å²) in [5.41, 5.74) is -2.96. The Hall–Kier alpha value is -1.87. The molecule has 0 aliphatic carbocycles. The molecule has 1 heterocycles. The van der Waals surface area contributed by atoms with E-state index in [1.165, 1.54) is 0 Å². The van der Waals surface area contributed by atoms with Gasteiger partial charge in [-0.25, -0.2) is 4.79 Å². The van der Waals surface area contributed by atoms with E-state index in [2.05, 4.69) is 4.42 Å². The van der Waals surface area contributed by atoms with Crippen molar-refractivity contribution in [1.82, 2.24) is 0 Å². The lowest BCUT2D eigenvalue weighted by molar-refractivity contribution is -0.136. The molecule has 0 amide bonds. The molecule has 19 heavy (non-hydrogen) atoms. The Morgan fingerprint density at radius 3 is 2.32 bits per heavy atom. The zero-order valence-electron chi connectivity index (χ0n) is 8.93. The van der Waals surface area contributed by atoms with Gasteiger partial charge >= 0.3 is 11.8 Å². The fraction of sp³-hybridized carbons (Fsp3) is 0.100. The van der Waals surface area contributed by atoms with Gasteiger partial charge in [-0.15, -0.1) is 0 Å². The van der Waals surface area contributed by atoms with Gasteiger partial charge in [0.15, 0.2) is 0 Å². The van der Waals surface area contributed by atoms with Crippen LogP contribution < -0.4 is 5.63 Å². The Morgan fingerprint density at radius 1 is 1.16 bits per heavy atom. The first-order chi connectivity index (χ1) is 8.59. The van der Waals surface area contributed by atoms with E-state index in [4.69, 9.17) is 4.55 Å². The molecular weight excluding hydrogens is 289 g/mol. The van der Waals surface area contributed by atoms with Crippen LogP contribution in [-0.4, -0.2) is 13.0 Å². The van der Waals surface area contributed by atoms with E-state index in [0.29, 0.717) is 6.07 Å². The van der Waals surface area contributed by atoms with Crippen molar-refractivity contribution in [2.75, 3.05) is 0 Å². The van der Waals surface area contributed by atoms with Gasteiger partial charge in [-0.1, -0.05) is 0 Å². The first-order valence-electron chi connectivity index (χ1n) is 4.71. The van der Waals surface area contributed by atoms with E-state index in [9.17, 15) is 26.4 Å². The molecule has 0 saturated heterocycles. The maximum Gasteiger partial charge on any atom is 0.417 e. The highest BCUT2D eigenvalue weighted by Crippen LogP contribution is 2.34. The van der Waals surface area contributed by atoms with Crippen LogP contribution in [0.3, 0.4) is 0 Å². The third kappa shape index (κ3) is 2.61. The lowest BCUT2D eigenvalue weighted by atomic mass is 10.1. The lowest BCUT2D eigenvalue weighted by Crippen LogP contribution is -2.11. The topological polar surface area (TPSA) is 84.6 Å². The van der Waals surface area contributed by atoms with E-state index in [1.54, 1.807) is 0 Å². The minimum absolute atomic E-state index is 0.218. The molecule has 0 spiro atoms. The van der Waals surface area contributed by atoms with Gasteiger partial charge in [0, 0.05) is 11.5 Å². The fourth-order valence-corrected chi connectivity index (χ4v) is 2.04. The molecule has 1 aromatic carbocycles. The molecule has 0 bridgehead atoms. The molecule has 0 fully saturated rings. The van der Waals surface area contributed by atoms with Crippen molar-refractivity contribution >= 4 is 21.1 Å². The van der Waals surface area contributed by atoms with Crippen molar-refractivity contribution < 1.29 is 30.6 Å². The van der Waals surface area contributed by atoms with Crippen LogP contribution in [0.2, 0.25) is 0 Å². The van der Waals surface area contributed by atoms with E-state index < -0.39 is 43.3 Å². The molecule has 102 valence electrons. The Bertz CT molecular complexity index is 804. The smallest absolute Gasteiger partial charge is 0.417 e. The molecule has 0 atom stereocenters. The summed E-state index contributed by atoms with van der Waals surface area (Å²) in [5.74, 6) is 0. The SMILES string of the molecule is O=c1cc(C(F)(F)F)c2cc(S(=O)(=O)O)ccc2o1. The van der Waals surface area contributed by atoms with Crippen LogP contribution in [0.25, 0.3) is 11.0 Å². The molecule has 9 heteroatoms. The first kappa shape index (κ1) is 13.6. The van der Waals surface area contributed by atoms with Gasteiger partial charge in [0.25, 0.3) is 10.1 Å². The maximum absolute atomic E-state index is 12.7. The van der Waals surface area contributed by atoms with Crippen molar-refractivity contribution in [3.63, 3.8) is 0 Å². The average Bonchev–Trinajstić information content (AvgIpc) is 2.24. The predicted octanol–water partition coefficient (Wildman–Crippen LogP) is 2.06. The van der Waals surface area contributed by atoms with Gasteiger partial charge in [0.1, 0.15) is 5.58 Å². The summed E-state index contributed by atoms with van der Waals surface area (Å²) in [7, 11) is -4.65. The summed E-state index contributed by atoms with van der Waals surface area (Å²) < 4.78 is 73.3. The molecule has 2 aromatic rings. The molecular formula is C10H5F3O5S. The quantitative estimate of drug-likeness (QED) is 0.643. The van der Waals surface area contributed by atoms with Gasteiger partial charge in [-0.05, 0) is 18.2 Å². The van der Waals surface area contributed by atoms with Crippen LogP contribution in [0.1, 0.15) is 5.56 Å². The number of benzene rings is 1. The summed E-state index contributed by atoms with van der Waals surface area (Å²) >= 11 is 0. The van der Waals surface area contributed by atoms with Crippen LogP contribution in [0.15, 0.2) is 38.4 Å². The molecule has 0 aliphatic heterocycles. The van der Waals surface area contributed by atoms with Gasteiger partial charge in [0.2, 0.25) is 0 Å². The minimum Gasteiger partial charge on any atom is -0.423 e. The summed E-state index contributed by atoms with van der Waals surface area (Å²) in [5, 5.41) is -0.623. The molecule has 0 saturated carbocycles. The molecule has 1 aromatic heterocycles. The van der Waals surface area contributed by atoms with Crippen LogP contribution in [0, 0.1) is 0 Å². The highest BCUT2D eigenvalue weighted by Gasteiger charge is 2.34. The monoisotopic (exact) mass is 294 g/mol. The second kappa shape index (κ2) is 4.07. The number of hydrogen-bond donors (Lipinski definition) is 1. The Balaban J connectivity index is 2.92. The van der Waals surface area contributed by atoms with Gasteiger partial charge in [0.05, 0.1) is 10.5 Å². The Labute approximate surface area is 104 Å². The van der Waals surface area contributed by atoms with E-state index in [0.717, 1.165) is 12.1 Å². The van der Waals surface area contributed by atoms with Crippen LogP contribution in [0.4, 0.5) is 13.2 Å². The van der Waals surface area contributed by atoms with E-state index in [1.807, 2.05) is 0 Å². The molecule has 0 aliphatic rings. The third-order valence-corrected chi connectivity index (χ3v) is 3.17. The van der Waals surface area contributed by atoms with Crippen molar-refractivity contribution in [2.24, 2.45) is 0 Å². The number of fused-ring (bicyclic) bond motifs is 1. The normalized spacial score (nSPS) is 12.8. The number of alkyl halides is 3. The van der Waals surface area contributed by atoms with E-state index in [-0.39, 0.29) is 6.07 Å². The number of rotatable bonds is 1. The standard InChI is InChI=1S/C10H5F3O5S/c11-10(12,13)7-4-9(14)18-8-2-1-5(3-6(7)8)19(15,16)17/h1-4H,(H,15,16,17). The van der Waals surface area contributed by atoms with Gasteiger partial charge < -0.3 is 4.42 Å². The van der Waals surface area contributed by atoms with Crippen molar-refractivity contribution in [3.8, 4) is 0 Å². The summed E-state index contributed by atoms with van der Waals surface area (Å²) in [6, 6.07) is 2.52. The number of hydrogen-bond acceptors (Lipinski definition) is 4. The Morgan fingerprint density at radius 2 is 1.79 bits per heavy atom. The van der Waals surface area contributed by atoms with Crippen LogP contribution >= 0.6 is 0 Å². The van der Waals surface area contributed by atoms with E-state index >= 15 is 0 Å². The second-order valence-corrected chi connectivity index (χ2v) is 5.03. The maximum atomic E-state index is 12.7.